The Hall–Kier alpha value is -1.43. The van der Waals surface area contributed by atoms with Crippen molar-refractivity contribution in [3.63, 3.8) is 0 Å². The molecule has 1 saturated heterocycles. The molecule has 0 aromatic carbocycles. The third-order valence-corrected chi connectivity index (χ3v) is 2.89. The van der Waals surface area contributed by atoms with Gasteiger partial charge in [-0.3, -0.25) is 19.3 Å². The second kappa shape index (κ2) is 6.49. The van der Waals surface area contributed by atoms with Gasteiger partial charge in [0.1, 0.15) is 6.04 Å². The lowest BCUT2D eigenvalue weighted by Gasteiger charge is -2.28. The van der Waals surface area contributed by atoms with Crippen molar-refractivity contribution in [1.82, 2.24) is 15.5 Å². The quantitative estimate of drug-likeness (QED) is 0.658. The Morgan fingerprint density at radius 2 is 2.11 bits per heavy atom. The molecule has 1 aliphatic rings. The summed E-state index contributed by atoms with van der Waals surface area (Å²) in [6, 6.07) is -0.225. The van der Waals surface area contributed by atoms with Gasteiger partial charge >= 0.3 is 0 Å². The molecule has 0 bridgehead atoms. The summed E-state index contributed by atoms with van der Waals surface area (Å²) in [7, 11) is 1.45. The number of hydrogen-bond donors (Lipinski definition) is 2. The first-order valence-electron chi connectivity index (χ1n) is 6.25. The Kier molecular flexibility index (Phi) is 5.27. The average Bonchev–Trinajstić information content (AvgIpc) is 2.29. The van der Waals surface area contributed by atoms with Gasteiger partial charge in [-0.1, -0.05) is 13.8 Å². The molecule has 0 aromatic heterocycles. The molecule has 1 rings (SSSR count). The summed E-state index contributed by atoms with van der Waals surface area (Å²) in [6.07, 6.45) is 1.03. The van der Waals surface area contributed by atoms with E-state index in [1.165, 1.54) is 7.05 Å². The molecular formula is C12H21N3O3. The fourth-order valence-electron chi connectivity index (χ4n) is 1.79. The van der Waals surface area contributed by atoms with Crippen LogP contribution in [-0.2, 0) is 14.4 Å². The van der Waals surface area contributed by atoms with Gasteiger partial charge in [0.2, 0.25) is 11.8 Å². The minimum Gasteiger partial charge on any atom is -0.344 e. The smallest absolute Gasteiger partial charge is 0.251 e. The largest absolute Gasteiger partial charge is 0.344 e. The summed E-state index contributed by atoms with van der Waals surface area (Å²) in [5.74, 6) is -0.673. The van der Waals surface area contributed by atoms with E-state index in [4.69, 9.17) is 0 Å². The molecule has 1 heterocycles. The maximum atomic E-state index is 11.7. The van der Waals surface area contributed by atoms with Gasteiger partial charge in [0.25, 0.3) is 5.91 Å². The highest BCUT2D eigenvalue weighted by Crippen LogP contribution is 2.11. The topological polar surface area (TPSA) is 78.5 Å². The van der Waals surface area contributed by atoms with Crippen molar-refractivity contribution < 1.29 is 14.4 Å². The van der Waals surface area contributed by atoms with E-state index < -0.39 is 6.04 Å². The summed E-state index contributed by atoms with van der Waals surface area (Å²) in [6.45, 7) is 4.59. The molecule has 3 amide bonds. The van der Waals surface area contributed by atoms with E-state index >= 15 is 0 Å². The number of likely N-dealkylation sites (tertiary alicyclic amines) is 1. The number of nitrogens with zero attached hydrogens (tertiary/aromatic N) is 1. The number of likely N-dealkylation sites (N-methyl/N-ethyl adjacent to an activating group) is 1. The van der Waals surface area contributed by atoms with Crippen molar-refractivity contribution in [1.29, 1.82) is 0 Å². The van der Waals surface area contributed by atoms with E-state index in [-0.39, 0.29) is 17.7 Å². The fourth-order valence-corrected chi connectivity index (χ4v) is 1.79. The molecule has 1 unspecified atom stereocenters. The van der Waals surface area contributed by atoms with Crippen LogP contribution >= 0.6 is 0 Å². The summed E-state index contributed by atoms with van der Waals surface area (Å²) in [4.78, 5) is 35.7. The Labute approximate surface area is 107 Å². The molecular weight excluding hydrogens is 234 g/mol. The molecule has 0 aliphatic carbocycles. The monoisotopic (exact) mass is 255 g/mol. The van der Waals surface area contributed by atoms with Crippen LogP contribution in [0.25, 0.3) is 0 Å². The average molecular weight is 255 g/mol. The van der Waals surface area contributed by atoms with E-state index in [1.54, 1.807) is 0 Å². The van der Waals surface area contributed by atoms with Crippen molar-refractivity contribution in [2.75, 3.05) is 13.6 Å². The van der Waals surface area contributed by atoms with Gasteiger partial charge in [0, 0.05) is 32.5 Å². The number of piperidine rings is 1. The molecule has 1 fully saturated rings. The molecule has 0 saturated carbocycles. The lowest BCUT2D eigenvalue weighted by atomic mass is 10.0. The van der Waals surface area contributed by atoms with E-state index in [2.05, 4.69) is 10.6 Å². The lowest BCUT2D eigenvalue weighted by Crippen LogP contribution is -2.53. The minimum absolute atomic E-state index is 0.163. The first kappa shape index (κ1) is 14.6. The maximum Gasteiger partial charge on any atom is 0.251 e. The summed E-state index contributed by atoms with van der Waals surface area (Å²) in [5, 5.41) is 5.80. The van der Waals surface area contributed by atoms with E-state index in [9.17, 15) is 14.4 Å². The van der Waals surface area contributed by atoms with Crippen molar-refractivity contribution in [2.45, 2.75) is 45.2 Å². The Bertz CT molecular complexity index is 341. The molecule has 0 aromatic rings. The number of imide groups is 1. The van der Waals surface area contributed by atoms with Gasteiger partial charge in [-0.05, 0) is 6.42 Å². The van der Waals surface area contributed by atoms with E-state index in [0.717, 1.165) is 4.90 Å². The standard InChI is InChI=1S/C12H21N3O3/c1-8(2)13-7-6-10(16)14-9-4-5-11(17)15(3)12(9)18/h8-9,13H,4-7H2,1-3H3,(H,14,16). The van der Waals surface area contributed by atoms with Gasteiger partial charge in [-0.2, -0.15) is 0 Å². The van der Waals surface area contributed by atoms with E-state index in [1.807, 2.05) is 13.8 Å². The molecule has 102 valence electrons. The van der Waals surface area contributed by atoms with Crippen molar-refractivity contribution in [3.05, 3.63) is 0 Å². The zero-order valence-electron chi connectivity index (χ0n) is 11.2. The Morgan fingerprint density at radius 1 is 1.44 bits per heavy atom. The van der Waals surface area contributed by atoms with Gasteiger partial charge in [-0.25, -0.2) is 0 Å². The van der Waals surface area contributed by atoms with Crippen LogP contribution < -0.4 is 10.6 Å². The maximum absolute atomic E-state index is 11.7. The van der Waals surface area contributed by atoms with Crippen LogP contribution in [0.3, 0.4) is 0 Å². The van der Waals surface area contributed by atoms with Crippen LogP contribution in [0.5, 0.6) is 0 Å². The fraction of sp³-hybridized carbons (Fsp3) is 0.750. The molecule has 0 spiro atoms. The normalized spacial score (nSPS) is 20.4. The molecule has 18 heavy (non-hydrogen) atoms. The predicted molar refractivity (Wildman–Crippen MR) is 66.7 cm³/mol. The minimum atomic E-state index is -0.556. The number of nitrogens with one attached hydrogen (secondary N) is 2. The molecule has 6 nitrogen and oxygen atoms in total. The Balaban J connectivity index is 2.36. The van der Waals surface area contributed by atoms with Crippen molar-refractivity contribution in [2.24, 2.45) is 0 Å². The Morgan fingerprint density at radius 3 is 2.72 bits per heavy atom. The first-order chi connectivity index (χ1) is 8.41. The van der Waals surface area contributed by atoms with E-state index in [0.29, 0.717) is 31.8 Å². The van der Waals surface area contributed by atoms with Crippen LogP contribution in [0.2, 0.25) is 0 Å². The zero-order valence-corrected chi connectivity index (χ0v) is 11.2. The third-order valence-electron chi connectivity index (χ3n) is 2.89. The van der Waals surface area contributed by atoms with Crippen LogP contribution in [-0.4, -0.2) is 48.3 Å². The second-order valence-corrected chi connectivity index (χ2v) is 4.81. The number of rotatable bonds is 5. The summed E-state index contributed by atoms with van der Waals surface area (Å²) < 4.78 is 0. The van der Waals surface area contributed by atoms with Crippen LogP contribution in [0.4, 0.5) is 0 Å². The first-order valence-corrected chi connectivity index (χ1v) is 6.25. The van der Waals surface area contributed by atoms with Crippen LogP contribution in [0, 0.1) is 0 Å². The number of carbonyl (C=O) groups is 3. The molecule has 1 atom stereocenters. The van der Waals surface area contributed by atoms with Gasteiger partial charge in [-0.15, -0.1) is 0 Å². The third kappa shape index (κ3) is 4.10. The second-order valence-electron chi connectivity index (χ2n) is 4.81. The lowest BCUT2D eigenvalue weighted by molar-refractivity contribution is -0.149. The van der Waals surface area contributed by atoms with Gasteiger partial charge in [0.05, 0.1) is 0 Å². The van der Waals surface area contributed by atoms with Crippen molar-refractivity contribution >= 4 is 17.7 Å². The van der Waals surface area contributed by atoms with Crippen LogP contribution in [0.1, 0.15) is 33.1 Å². The SMILES string of the molecule is CC(C)NCCC(=O)NC1CCC(=O)N(C)C1=O. The van der Waals surface area contributed by atoms with Crippen molar-refractivity contribution in [3.8, 4) is 0 Å². The molecule has 6 heteroatoms. The summed E-state index contributed by atoms with van der Waals surface area (Å²) in [5.41, 5.74) is 0. The number of carbonyl (C=O) groups excluding carboxylic acids is 3. The predicted octanol–water partition coefficient (Wildman–Crippen LogP) is -0.362. The molecule has 2 N–H and O–H groups in total. The van der Waals surface area contributed by atoms with Crippen LogP contribution in [0.15, 0.2) is 0 Å². The molecule has 1 aliphatic heterocycles. The molecule has 0 radical (unpaired) electrons. The highest BCUT2D eigenvalue weighted by atomic mass is 16.2. The highest BCUT2D eigenvalue weighted by Gasteiger charge is 2.32. The van der Waals surface area contributed by atoms with Gasteiger partial charge in [0.15, 0.2) is 0 Å². The number of amides is 3. The summed E-state index contributed by atoms with van der Waals surface area (Å²) >= 11 is 0. The van der Waals surface area contributed by atoms with Gasteiger partial charge < -0.3 is 10.6 Å². The number of hydrogen-bond acceptors (Lipinski definition) is 4. The highest BCUT2D eigenvalue weighted by molar-refractivity contribution is 6.01. The zero-order chi connectivity index (χ0) is 13.7.